The lowest BCUT2D eigenvalue weighted by atomic mass is 9.93. The van der Waals surface area contributed by atoms with Crippen LogP contribution in [0, 0.1) is 5.82 Å². The van der Waals surface area contributed by atoms with Crippen LogP contribution in [-0.4, -0.2) is 15.5 Å². The maximum absolute atomic E-state index is 13.7. The zero-order chi connectivity index (χ0) is 19.2. The van der Waals surface area contributed by atoms with Crippen LogP contribution in [0.5, 0.6) is 5.75 Å². The second-order valence-corrected chi connectivity index (χ2v) is 8.64. The zero-order valence-electron chi connectivity index (χ0n) is 14.2. The van der Waals surface area contributed by atoms with Gasteiger partial charge in [-0.1, -0.05) is 42.5 Å². The minimum Gasteiger partial charge on any atom is -0.496 e. The highest BCUT2D eigenvalue weighted by Gasteiger charge is 2.23. The van der Waals surface area contributed by atoms with Gasteiger partial charge >= 0.3 is 0 Å². The van der Waals surface area contributed by atoms with Crippen LogP contribution in [0.4, 0.5) is 4.39 Å². The smallest absolute Gasteiger partial charge is 0.261 e. The number of fused-ring (bicyclic) bond motifs is 2. The first-order valence-corrected chi connectivity index (χ1v) is 10.4. The summed E-state index contributed by atoms with van der Waals surface area (Å²) in [5, 5.41) is 2.89. The predicted octanol–water partition coefficient (Wildman–Crippen LogP) is 5.74. The average molecular weight is 401 g/mol. The van der Waals surface area contributed by atoms with E-state index in [1.54, 1.807) is 24.3 Å². The summed E-state index contributed by atoms with van der Waals surface area (Å²) in [5.41, 5.74) is 1.00. The van der Waals surface area contributed by atoms with Crippen LogP contribution in [0.25, 0.3) is 32.7 Å². The third-order valence-electron chi connectivity index (χ3n) is 4.57. The first-order valence-electron chi connectivity index (χ1n) is 8.13. The number of benzene rings is 4. The van der Waals surface area contributed by atoms with Gasteiger partial charge in [0.2, 0.25) is 0 Å². The number of methoxy groups -OCH3 is 1. The summed E-state index contributed by atoms with van der Waals surface area (Å²) in [7, 11) is 3.23. The van der Waals surface area contributed by atoms with E-state index in [1.807, 2.05) is 24.3 Å². The lowest BCUT2D eigenvalue weighted by Gasteiger charge is -2.17. The van der Waals surface area contributed by atoms with Crippen molar-refractivity contribution in [2.75, 3.05) is 7.11 Å². The highest BCUT2D eigenvalue weighted by atomic mass is 35.7. The third kappa shape index (κ3) is 3.03. The maximum Gasteiger partial charge on any atom is 0.261 e. The predicted molar refractivity (Wildman–Crippen MR) is 106 cm³/mol. The van der Waals surface area contributed by atoms with Gasteiger partial charge in [0.05, 0.1) is 12.0 Å². The first kappa shape index (κ1) is 17.8. The lowest BCUT2D eigenvalue weighted by Crippen LogP contribution is -1.99. The molecule has 4 rings (SSSR count). The number of halogens is 2. The van der Waals surface area contributed by atoms with Gasteiger partial charge in [0.15, 0.2) is 0 Å². The van der Waals surface area contributed by atoms with Gasteiger partial charge in [-0.2, -0.15) is 0 Å². The van der Waals surface area contributed by atoms with Gasteiger partial charge in [0.25, 0.3) is 9.05 Å². The number of ether oxygens (including phenoxy) is 1. The second kappa shape index (κ2) is 6.51. The van der Waals surface area contributed by atoms with Crippen molar-refractivity contribution < 1.29 is 17.5 Å². The van der Waals surface area contributed by atoms with Crippen LogP contribution >= 0.6 is 10.7 Å². The quantitative estimate of drug-likeness (QED) is 0.412. The Hall–Kier alpha value is -2.63. The molecule has 0 saturated carbocycles. The van der Waals surface area contributed by atoms with Crippen molar-refractivity contribution in [3.8, 4) is 16.9 Å². The molecule has 136 valence electrons. The van der Waals surface area contributed by atoms with Crippen LogP contribution in [0.1, 0.15) is 0 Å². The van der Waals surface area contributed by atoms with Crippen LogP contribution in [0.15, 0.2) is 71.6 Å². The molecule has 0 aromatic heterocycles. The Kier molecular flexibility index (Phi) is 4.29. The molecule has 0 amide bonds. The minimum atomic E-state index is -4.03. The van der Waals surface area contributed by atoms with E-state index in [9.17, 15) is 12.8 Å². The Labute approximate surface area is 160 Å². The molecule has 0 N–H and O–H groups in total. The Morgan fingerprint density at radius 3 is 2.30 bits per heavy atom. The lowest BCUT2D eigenvalue weighted by molar-refractivity contribution is 0.417. The first-order chi connectivity index (χ1) is 12.9. The van der Waals surface area contributed by atoms with Crippen molar-refractivity contribution in [2.45, 2.75) is 4.90 Å². The monoisotopic (exact) mass is 400 g/mol. The highest BCUT2D eigenvalue weighted by molar-refractivity contribution is 8.13. The molecule has 0 aliphatic heterocycles. The fraction of sp³-hybridized carbons (Fsp3) is 0.0476. The van der Waals surface area contributed by atoms with Crippen molar-refractivity contribution in [1.82, 2.24) is 0 Å². The van der Waals surface area contributed by atoms with E-state index < -0.39 is 9.05 Å². The second-order valence-electron chi connectivity index (χ2n) is 6.11. The third-order valence-corrected chi connectivity index (χ3v) is 5.93. The molecule has 0 unspecified atom stereocenters. The molecule has 0 saturated heterocycles. The van der Waals surface area contributed by atoms with Crippen molar-refractivity contribution in [1.29, 1.82) is 0 Å². The Morgan fingerprint density at radius 2 is 1.56 bits per heavy atom. The van der Waals surface area contributed by atoms with Gasteiger partial charge in [0.1, 0.15) is 11.6 Å². The summed E-state index contributed by atoms with van der Waals surface area (Å²) in [6.45, 7) is 0. The molecule has 0 radical (unpaired) electrons. The summed E-state index contributed by atoms with van der Waals surface area (Å²) >= 11 is 0. The van der Waals surface area contributed by atoms with Gasteiger partial charge in [-0.15, -0.1) is 0 Å². The molecule has 0 atom stereocenters. The van der Waals surface area contributed by atoms with E-state index in [4.69, 9.17) is 15.4 Å². The summed E-state index contributed by atoms with van der Waals surface area (Å²) < 4.78 is 43.9. The minimum absolute atomic E-state index is 0.0157. The molecule has 6 heteroatoms. The van der Waals surface area contributed by atoms with Gasteiger partial charge in [-0.25, -0.2) is 12.8 Å². The fourth-order valence-corrected chi connectivity index (χ4v) is 4.49. The van der Waals surface area contributed by atoms with E-state index in [0.29, 0.717) is 33.0 Å². The van der Waals surface area contributed by atoms with E-state index in [0.717, 1.165) is 5.39 Å². The van der Waals surface area contributed by atoms with Crippen LogP contribution in [0.3, 0.4) is 0 Å². The Morgan fingerprint density at radius 1 is 0.852 bits per heavy atom. The number of hydrogen-bond acceptors (Lipinski definition) is 3. The Bertz CT molecular complexity index is 1300. The molecule has 4 aromatic rings. The molecule has 27 heavy (non-hydrogen) atoms. The van der Waals surface area contributed by atoms with Gasteiger partial charge in [0, 0.05) is 21.8 Å². The van der Waals surface area contributed by atoms with Gasteiger partial charge in [-0.3, -0.25) is 0 Å². The van der Waals surface area contributed by atoms with Gasteiger partial charge < -0.3 is 4.74 Å². The number of rotatable bonds is 3. The zero-order valence-corrected chi connectivity index (χ0v) is 15.8. The molecule has 0 bridgehead atoms. The summed E-state index contributed by atoms with van der Waals surface area (Å²) in [6.07, 6.45) is 0. The van der Waals surface area contributed by atoms with E-state index >= 15 is 0 Å². The van der Waals surface area contributed by atoms with Crippen molar-refractivity contribution in [3.63, 3.8) is 0 Å². The van der Waals surface area contributed by atoms with Crippen LogP contribution in [-0.2, 0) is 9.05 Å². The molecule has 0 fully saturated rings. The maximum atomic E-state index is 13.7. The molecule has 0 heterocycles. The van der Waals surface area contributed by atoms with Crippen LogP contribution < -0.4 is 4.74 Å². The molecular weight excluding hydrogens is 387 g/mol. The van der Waals surface area contributed by atoms with E-state index in [2.05, 4.69) is 0 Å². The summed E-state index contributed by atoms with van der Waals surface area (Å²) in [5.74, 6) is 0.105. The molecule has 4 aromatic carbocycles. The normalized spacial score (nSPS) is 11.8. The summed E-state index contributed by atoms with van der Waals surface area (Å²) in [6, 6.07) is 18.4. The molecular formula is C21H14ClFO3S. The standard InChI is InChI=1S/C21H14ClFO3S/c1-26-18-10-6-14-12-15(23)8-9-17(14)20(18)21-16-5-3-2-4-13(16)7-11-19(21)27(22,24)25/h2-12H,1H3. The fourth-order valence-electron chi connectivity index (χ4n) is 3.42. The van der Waals surface area contributed by atoms with E-state index in [-0.39, 0.29) is 10.7 Å². The molecule has 3 nitrogen and oxygen atoms in total. The SMILES string of the molecule is COc1ccc2cc(F)ccc2c1-c1c(S(=O)(=O)Cl)ccc2ccccc12. The summed E-state index contributed by atoms with van der Waals surface area (Å²) in [4.78, 5) is -0.0157. The van der Waals surface area contributed by atoms with Crippen LogP contribution in [0.2, 0.25) is 0 Å². The number of hydrogen-bond donors (Lipinski definition) is 0. The Balaban J connectivity index is 2.26. The topological polar surface area (TPSA) is 43.4 Å². The van der Waals surface area contributed by atoms with E-state index in [1.165, 1.54) is 25.3 Å². The van der Waals surface area contributed by atoms with Crippen molar-refractivity contribution in [2.24, 2.45) is 0 Å². The highest BCUT2D eigenvalue weighted by Crippen LogP contribution is 2.44. The molecule has 0 aliphatic carbocycles. The van der Waals surface area contributed by atoms with Crippen molar-refractivity contribution in [3.05, 3.63) is 72.5 Å². The molecule has 0 spiro atoms. The largest absolute Gasteiger partial charge is 0.496 e. The van der Waals surface area contributed by atoms with Crippen molar-refractivity contribution >= 4 is 41.3 Å². The average Bonchev–Trinajstić information content (AvgIpc) is 2.65. The molecule has 0 aliphatic rings. The van der Waals surface area contributed by atoms with Gasteiger partial charge in [-0.05, 0) is 45.8 Å².